The van der Waals surface area contributed by atoms with Crippen LogP contribution in [0.15, 0.2) is 24.3 Å². The van der Waals surface area contributed by atoms with E-state index >= 15 is 0 Å². The van der Waals surface area contributed by atoms with Gasteiger partial charge in [-0.3, -0.25) is 9.69 Å². The van der Waals surface area contributed by atoms with Crippen molar-refractivity contribution in [3.8, 4) is 0 Å². The maximum Gasteiger partial charge on any atom is 0.254 e. The number of amides is 1. The fourth-order valence-corrected chi connectivity index (χ4v) is 4.72. The summed E-state index contributed by atoms with van der Waals surface area (Å²) in [5.74, 6) is 1.48. The van der Waals surface area contributed by atoms with Crippen molar-refractivity contribution in [3.63, 3.8) is 0 Å². The maximum atomic E-state index is 13.3. The molecule has 22 heavy (non-hydrogen) atoms. The number of carbonyl (C=O) groups excluding carboxylic acids is 1. The summed E-state index contributed by atoms with van der Waals surface area (Å²) in [6.07, 6.45) is 5.62. The lowest BCUT2D eigenvalue weighted by Crippen LogP contribution is -2.53. The van der Waals surface area contributed by atoms with Gasteiger partial charge >= 0.3 is 0 Å². The number of nitrogens with zero attached hydrogens (tertiary/aromatic N) is 2. The molecule has 2 saturated carbocycles. The Kier molecular flexibility index (Phi) is 3.65. The summed E-state index contributed by atoms with van der Waals surface area (Å²) in [5, 5.41) is 0. The molecule has 1 aliphatic heterocycles. The Morgan fingerprint density at radius 1 is 1.09 bits per heavy atom. The Bertz CT molecular complexity index is 568. The van der Waals surface area contributed by atoms with Gasteiger partial charge in [0.1, 0.15) is 5.82 Å². The van der Waals surface area contributed by atoms with E-state index in [2.05, 4.69) is 4.90 Å². The number of hydrogen-bond acceptors (Lipinski definition) is 2. The molecule has 0 N–H and O–H groups in total. The number of rotatable bonds is 2. The van der Waals surface area contributed by atoms with Gasteiger partial charge in [-0.05, 0) is 49.3 Å². The van der Waals surface area contributed by atoms with Crippen LogP contribution < -0.4 is 0 Å². The first-order valence-electron chi connectivity index (χ1n) is 8.49. The zero-order chi connectivity index (χ0) is 15.1. The summed E-state index contributed by atoms with van der Waals surface area (Å²) in [4.78, 5) is 16.9. The molecular formula is C18H23FN2O. The van der Waals surface area contributed by atoms with Crippen molar-refractivity contribution in [1.29, 1.82) is 0 Å². The second-order valence-corrected chi connectivity index (χ2v) is 7.08. The van der Waals surface area contributed by atoms with Gasteiger partial charge in [-0.15, -0.1) is 0 Å². The fraction of sp³-hybridized carbons (Fsp3) is 0.611. The van der Waals surface area contributed by atoms with Gasteiger partial charge in [0, 0.05) is 37.8 Å². The zero-order valence-electron chi connectivity index (χ0n) is 12.9. The number of fused-ring (bicyclic) bond motifs is 2. The van der Waals surface area contributed by atoms with Crippen molar-refractivity contribution in [2.24, 2.45) is 11.8 Å². The van der Waals surface area contributed by atoms with E-state index in [0.29, 0.717) is 5.56 Å². The average molecular weight is 302 g/mol. The Balaban J connectivity index is 1.36. The molecule has 1 aromatic carbocycles. The summed E-state index contributed by atoms with van der Waals surface area (Å²) in [6, 6.07) is 6.78. The molecule has 2 aliphatic carbocycles. The second-order valence-electron chi connectivity index (χ2n) is 7.08. The smallest absolute Gasteiger partial charge is 0.254 e. The van der Waals surface area contributed by atoms with Gasteiger partial charge in [0.2, 0.25) is 0 Å². The van der Waals surface area contributed by atoms with Crippen molar-refractivity contribution < 1.29 is 9.18 Å². The standard InChI is InChI=1S/C18H23FN2O/c19-16-3-1-2-15(12-16)18(22)21-8-6-20(7-9-21)17-11-13-4-5-14(17)10-13/h1-3,12-14,17H,4-11H2/t13-,14-,17-/m0/s1. The molecular weight excluding hydrogens is 279 g/mol. The summed E-state index contributed by atoms with van der Waals surface area (Å²) >= 11 is 0. The Hall–Kier alpha value is -1.42. The van der Waals surface area contributed by atoms with Crippen LogP contribution in [0.3, 0.4) is 0 Å². The van der Waals surface area contributed by atoms with Crippen molar-refractivity contribution in [2.75, 3.05) is 26.2 Å². The molecule has 0 spiro atoms. The van der Waals surface area contributed by atoms with E-state index in [1.165, 1.54) is 37.8 Å². The first kappa shape index (κ1) is 14.2. The lowest BCUT2D eigenvalue weighted by Gasteiger charge is -2.41. The molecule has 118 valence electrons. The van der Waals surface area contributed by atoms with Crippen LogP contribution in [0.2, 0.25) is 0 Å². The average Bonchev–Trinajstić information content (AvgIpc) is 3.17. The largest absolute Gasteiger partial charge is 0.336 e. The molecule has 3 nitrogen and oxygen atoms in total. The SMILES string of the molecule is O=C(c1cccc(F)c1)N1CCN([C@H]2C[C@H]3CC[C@H]2C3)CC1. The van der Waals surface area contributed by atoms with Gasteiger partial charge in [0.05, 0.1) is 0 Å². The normalized spacial score (nSPS) is 31.7. The van der Waals surface area contributed by atoms with Crippen LogP contribution in [0.4, 0.5) is 4.39 Å². The van der Waals surface area contributed by atoms with Gasteiger partial charge in [0.25, 0.3) is 5.91 Å². The Morgan fingerprint density at radius 2 is 1.91 bits per heavy atom. The highest BCUT2D eigenvalue weighted by atomic mass is 19.1. The van der Waals surface area contributed by atoms with Crippen LogP contribution >= 0.6 is 0 Å². The number of benzene rings is 1. The van der Waals surface area contributed by atoms with Crippen molar-refractivity contribution >= 4 is 5.91 Å². The fourth-order valence-electron chi connectivity index (χ4n) is 4.72. The predicted molar refractivity (Wildman–Crippen MR) is 83.1 cm³/mol. The van der Waals surface area contributed by atoms with E-state index in [1.807, 2.05) is 4.90 Å². The number of hydrogen-bond donors (Lipinski definition) is 0. The summed E-state index contributed by atoms with van der Waals surface area (Å²) in [5.41, 5.74) is 0.466. The minimum absolute atomic E-state index is 0.0351. The van der Waals surface area contributed by atoms with Crippen molar-refractivity contribution in [2.45, 2.75) is 31.7 Å². The molecule has 3 fully saturated rings. The lowest BCUT2D eigenvalue weighted by molar-refractivity contribution is 0.0495. The first-order valence-corrected chi connectivity index (χ1v) is 8.49. The first-order chi connectivity index (χ1) is 10.7. The highest BCUT2D eigenvalue weighted by Crippen LogP contribution is 2.46. The third kappa shape index (κ3) is 2.54. The van der Waals surface area contributed by atoms with E-state index in [4.69, 9.17) is 0 Å². The molecule has 0 radical (unpaired) electrons. The van der Waals surface area contributed by atoms with E-state index < -0.39 is 0 Å². The highest BCUT2D eigenvalue weighted by molar-refractivity contribution is 5.94. The molecule has 4 rings (SSSR count). The van der Waals surface area contributed by atoms with Crippen LogP contribution in [-0.4, -0.2) is 47.9 Å². The molecule has 1 aromatic rings. The highest BCUT2D eigenvalue weighted by Gasteiger charge is 2.42. The van der Waals surface area contributed by atoms with Crippen LogP contribution in [0.25, 0.3) is 0 Å². The molecule has 4 heteroatoms. The minimum Gasteiger partial charge on any atom is -0.336 e. The van der Waals surface area contributed by atoms with Crippen molar-refractivity contribution in [3.05, 3.63) is 35.6 Å². The van der Waals surface area contributed by atoms with Gasteiger partial charge in [0.15, 0.2) is 0 Å². The van der Waals surface area contributed by atoms with Crippen LogP contribution in [-0.2, 0) is 0 Å². The molecule has 1 saturated heterocycles. The number of carbonyl (C=O) groups is 1. The molecule has 3 atom stereocenters. The van der Waals surface area contributed by atoms with E-state index in [-0.39, 0.29) is 11.7 Å². The second kappa shape index (κ2) is 5.65. The molecule has 2 bridgehead atoms. The third-order valence-electron chi connectivity index (χ3n) is 5.84. The summed E-state index contributed by atoms with van der Waals surface area (Å²) in [7, 11) is 0. The third-order valence-corrected chi connectivity index (χ3v) is 5.84. The number of piperazine rings is 1. The van der Waals surface area contributed by atoms with E-state index in [0.717, 1.165) is 44.1 Å². The van der Waals surface area contributed by atoms with Crippen LogP contribution in [0, 0.1) is 17.7 Å². The van der Waals surface area contributed by atoms with Gasteiger partial charge < -0.3 is 4.90 Å². The van der Waals surface area contributed by atoms with Gasteiger partial charge in [-0.25, -0.2) is 4.39 Å². The van der Waals surface area contributed by atoms with Gasteiger partial charge in [-0.2, -0.15) is 0 Å². The van der Waals surface area contributed by atoms with E-state index in [9.17, 15) is 9.18 Å². The predicted octanol–water partition coefficient (Wildman–Crippen LogP) is 2.77. The molecule has 1 amide bonds. The lowest BCUT2D eigenvalue weighted by atomic mass is 9.93. The summed E-state index contributed by atoms with van der Waals surface area (Å²) in [6.45, 7) is 3.47. The van der Waals surface area contributed by atoms with E-state index in [1.54, 1.807) is 12.1 Å². The number of halogens is 1. The Morgan fingerprint density at radius 3 is 2.55 bits per heavy atom. The molecule has 0 unspecified atom stereocenters. The molecule has 1 heterocycles. The zero-order valence-corrected chi connectivity index (χ0v) is 12.9. The topological polar surface area (TPSA) is 23.6 Å². The minimum atomic E-state index is -0.341. The molecule has 0 aromatic heterocycles. The summed E-state index contributed by atoms with van der Waals surface area (Å²) < 4.78 is 13.3. The molecule has 3 aliphatic rings. The van der Waals surface area contributed by atoms with Gasteiger partial charge in [-0.1, -0.05) is 12.5 Å². The van der Waals surface area contributed by atoms with Crippen LogP contribution in [0.1, 0.15) is 36.0 Å². The van der Waals surface area contributed by atoms with Crippen molar-refractivity contribution in [1.82, 2.24) is 9.80 Å². The maximum absolute atomic E-state index is 13.3. The Labute approximate surface area is 131 Å². The quantitative estimate of drug-likeness (QED) is 0.839. The monoisotopic (exact) mass is 302 g/mol. The van der Waals surface area contributed by atoms with Crippen LogP contribution in [0.5, 0.6) is 0 Å².